The van der Waals surface area contributed by atoms with Gasteiger partial charge in [0.1, 0.15) is 0 Å². The minimum Gasteiger partial charge on any atom is -0.478 e. The molecule has 92 valence electrons. The van der Waals surface area contributed by atoms with Crippen LogP contribution in [-0.4, -0.2) is 33.8 Å². The highest BCUT2D eigenvalue weighted by molar-refractivity contribution is 5.91. The second kappa shape index (κ2) is 4.35. The molecular weight excluding hydrogens is 220 g/mol. The van der Waals surface area contributed by atoms with E-state index < -0.39 is 5.97 Å². The van der Waals surface area contributed by atoms with Crippen molar-refractivity contribution in [2.45, 2.75) is 26.3 Å². The number of hydrogen-bond acceptors (Lipinski definition) is 4. The van der Waals surface area contributed by atoms with Crippen molar-refractivity contribution >= 4 is 5.97 Å². The minimum atomic E-state index is -0.934. The molecule has 2 aliphatic rings. The van der Waals surface area contributed by atoms with Crippen molar-refractivity contribution in [2.24, 2.45) is 0 Å². The Morgan fingerprint density at radius 3 is 2.76 bits per heavy atom. The van der Waals surface area contributed by atoms with Gasteiger partial charge in [-0.05, 0) is 19.4 Å². The van der Waals surface area contributed by atoms with Gasteiger partial charge in [-0.25, -0.2) is 10.2 Å². The third kappa shape index (κ3) is 1.77. The van der Waals surface area contributed by atoms with Crippen molar-refractivity contribution in [1.82, 2.24) is 10.4 Å². The molecule has 0 aromatic rings. The zero-order chi connectivity index (χ0) is 12.6. The number of nitrogens with one attached hydrogen (secondary N) is 1. The lowest BCUT2D eigenvalue weighted by molar-refractivity contribution is -0.132. The van der Waals surface area contributed by atoms with Crippen LogP contribution in [0.5, 0.6) is 0 Å². The molecule has 5 nitrogen and oxygen atoms in total. The van der Waals surface area contributed by atoms with E-state index in [-0.39, 0.29) is 12.6 Å². The number of allylic oxidation sites excluding steroid dienone is 3. The quantitative estimate of drug-likeness (QED) is 0.674. The molecule has 0 aliphatic carbocycles. The summed E-state index contributed by atoms with van der Waals surface area (Å²) in [6, 6.07) is -0.209. The first-order valence-electron chi connectivity index (χ1n) is 5.62. The zero-order valence-electron chi connectivity index (χ0n) is 9.90. The third-order valence-corrected chi connectivity index (χ3v) is 3.10. The molecule has 0 radical (unpaired) electrons. The fraction of sp³-hybridized carbons (Fsp3) is 0.417. The van der Waals surface area contributed by atoms with E-state index in [0.717, 1.165) is 5.70 Å². The smallest absolute Gasteiger partial charge is 0.335 e. The van der Waals surface area contributed by atoms with Crippen molar-refractivity contribution in [2.75, 3.05) is 6.61 Å². The van der Waals surface area contributed by atoms with Crippen molar-refractivity contribution in [3.05, 3.63) is 34.7 Å². The van der Waals surface area contributed by atoms with Crippen LogP contribution in [-0.2, 0) is 4.79 Å². The summed E-state index contributed by atoms with van der Waals surface area (Å²) >= 11 is 0. The van der Waals surface area contributed by atoms with Crippen molar-refractivity contribution < 1.29 is 15.0 Å². The summed E-state index contributed by atoms with van der Waals surface area (Å²) < 4.78 is 0. The lowest BCUT2D eigenvalue weighted by Gasteiger charge is -2.27. The van der Waals surface area contributed by atoms with Gasteiger partial charge in [0, 0.05) is 11.3 Å². The molecule has 0 aromatic heterocycles. The molecular formula is C12H16N2O3. The molecule has 2 aliphatic heterocycles. The van der Waals surface area contributed by atoms with Gasteiger partial charge < -0.3 is 10.2 Å². The average molecular weight is 236 g/mol. The van der Waals surface area contributed by atoms with E-state index in [9.17, 15) is 15.0 Å². The Balaban J connectivity index is 2.55. The number of carbonyl (C=O) groups is 1. The van der Waals surface area contributed by atoms with Crippen LogP contribution in [0.25, 0.3) is 0 Å². The Labute approximate surface area is 99.7 Å². The van der Waals surface area contributed by atoms with Crippen LogP contribution in [0.2, 0.25) is 0 Å². The minimum absolute atomic E-state index is 0.162. The highest BCUT2D eigenvalue weighted by Gasteiger charge is 2.37. The van der Waals surface area contributed by atoms with E-state index in [0.29, 0.717) is 23.3 Å². The summed E-state index contributed by atoms with van der Waals surface area (Å²) in [5.41, 5.74) is 5.63. The molecule has 2 rings (SSSR count). The van der Waals surface area contributed by atoms with Crippen LogP contribution in [0.4, 0.5) is 0 Å². The van der Waals surface area contributed by atoms with Gasteiger partial charge in [0.15, 0.2) is 0 Å². The maximum atomic E-state index is 11.3. The van der Waals surface area contributed by atoms with Crippen LogP contribution >= 0.6 is 0 Å². The average Bonchev–Trinajstić information content (AvgIpc) is 2.70. The van der Waals surface area contributed by atoms with E-state index in [1.165, 1.54) is 0 Å². The molecule has 0 aromatic carbocycles. The summed E-state index contributed by atoms with van der Waals surface area (Å²) in [4.78, 5) is 11.3. The zero-order valence-corrected chi connectivity index (χ0v) is 9.90. The van der Waals surface area contributed by atoms with Crippen LogP contribution in [0.15, 0.2) is 34.7 Å². The number of aliphatic hydroxyl groups is 1. The summed E-state index contributed by atoms with van der Waals surface area (Å²) in [5.74, 6) is -0.934. The number of hydrazine groups is 1. The summed E-state index contributed by atoms with van der Waals surface area (Å²) in [6.45, 7) is 3.67. The second-order valence-electron chi connectivity index (χ2n) is 4.15. The second-order valence-corrected chi connectivity index (χ2v) is 4.15. The van der Waals surface area contributed by atoms with Crippen LogP contribution in [0, 0.1) is 0 Å². The number of nitrogens with zero attached hydrogens (tertiary/aromatic N) is 1. The van der Waals surface area contributed by atoms with Crippen LogP contribution < -0.4 is 5.43 Å². The Morgan fingerprint density at radius 1 is 1.53 bits per heavy atom. The van der Waals surface area contributed by atoms with E-state index >= 15 is 0 Å². The predicted molar refractivity (Wildman–Crippen MR) is 62.6 cm³/mol. The highest BCUT2D eigenvalue weighted by atomic mass is 16.4. The molecule has 5 heteroatoms. The number of aliphatic carboxylic acids is 1. The predicted octanol–water partition coefficient (Wildman–Crippen LogP) is 0.760. The van der Waals surface area contributed by atoms with Gasteiger partial charge >= 0.3 is 5.97 Å². The molecule has 0 saturated carbocycles. The summed E-state index contributed by atoms with van der Waals surface area (Å²) in [5, 5.41) is 20.4. The third-order valence-electron chi connectivity index (χ3n) is 3.10. The fourth-order valence-electron chi connectivity index (χ4n) is 2.21. The molecule has 1 atom stereocenters. The van der Waals surface area contributed by atoms with E-state index in [2.05, 4.69) is 5.43 Å². The Bertz CT molecular complexity index is 449. The molecule has 17 heavy (non-hydrogen) atoms. The number of carboxylic acids is 1. The van der Waals surface area contributed by atoms with Crippen molar-refractivity contribution in [3.63, 3.8) is 0 Å². The molecule has 0 saturated heterocycles. The number of rotatable bonds is 3. The number of hydrogen-bond donors (Lipinski definition) is 3. The van der Waals surface area contributed by atoms with Gasteiger partial charge in [-0.15, -0.1) is 0 Å². The first kappa shape index (κ1) is 11.9. The first-order valence-corrected chi connectivity index (χ1v) is 5.62. The normalized spacial score (nSPS) is 23.5. The molecule has 0 fully saturated rings. The lowest BCUT2D eigenvalue weighted by atomic mass is 9.99. The van der Waals surface area contributed by atoms with Crippen LogP contribution in [0.3, 0.4) is 0 Å². The maximum absolute atomic E-state index is 11.3. The van der Waals surface area contributed by atoms with Crippen LogP contribution in [0.1, 0.15) is 20.3 Å². The molecule has 2 heterocycles. The monoisotopic (exact) mass is 236 g/mol. The number of carboxylic acid groups (broad SMARTS) is 1. The topological polar surface area (TPSA) is 72.8 Å². The Morgan fingerprint density at radius 2 is 2.24 bits per heavy atom. The summed E-state index contributed by atoms with van der Waals surface area (Å²) in [6.07, 6.45) is 4.32. The largest absolute Gasteiger partial charge is 0.478 e. The first-order chi connectivity index (χ1) is 8.10. The van der Waals surface area contributed by atoms with Crippen molar-refractivity contribution in [3.8, 4) is 0 Å². The molecule has 0 bridgehead atoms. The highest BCUT2D eigenvalue weighted by Crippen LogP contribution is 2.33. The maximum Gasteiger partial charge on any atom is 0.335 e. The van der Waals surface area contributed by atoms with Gasteiger partial charge in [-0.3, -0.25) is 5.01 Å². The van der Waals surface area contributed by atoms with Gasteiger partial charge in [0.25, 0.3) is 0 Å². The standard InChI is InChI=1S/C12H16N2O3/c1-3-9-10(12(16)17)11-8(6-15)5-4-7(2)14(11)13-9/h4-5,9,13,15H,3,6H2,1-2H3,(H,16,17). The van der Waals surface area contributed by atoms with Gasteiger partial charge in [-0.1, -0.05) is 13.0 Å². The molecule has 1 unspecified atom stereocenters. The Kier molecular flexibility index (Phi) is 3.04. The molecule has 0 amide bonds. The summed E-state index contributed by atoms with van der Waals surface area (Å²) in [7, 11) is 0. The lowest BCUT2D eigenvalue weighted by Crippen LogP contribution is -2.37. The molecule has 0 spiro atoms. The van der Waals surface area contributed by atoms with Crippen molar-refractivity contribution in [1.29, 1.82) is 0 Å². The van der Waals surface area contributed by atoms with E-state index in [1.54, 1.807) is 11.1 Å². The molecule has 3 N–H and O–H groups in total. The number of aliphatic hydroxyl groups excluding tert-OH is 1. The number of fused-ring (bicyclic) bond motifs is 1. The SMILES string of the molecule is CCC1NN2C(C)=CC=C(CO)C2=C1C(=O)O. The van der Waals surface area contributed by atoms with E-state index in [4.69, 9.17) is 0 Å². The van der Waals surface area contributed by atoms with Gasteiger partial charge in [0.05, 0.1) is 23.9 Å². The fourth-order valence-corrected chi connectivity index (χ4v) is 2.21. The van der Waals surface area contributed by atoms with Gasteiger partial charge in [0.2, 0.25) is 0 Å². The van der Waals surface area contributed by atoms with Gasteiger partial charge in [-0.2, -0.15) is 0 Å². The van der Waals surface area contributed by atoms with E-state index in [1.807, 2.05) is 19.9 Å². The Hall–Kier alpha value is -1.59.